The normalized spacial score (nSPS) is 10.5. The minimum atomic E-state index is -0.0584. The third-order valence-corrected chi connectivity index (χ3v) is 4.32. The summed E-state index contributed by atoms with van der Waals surface area (Å²) in [4.78, 5) is 16.8. The van der Waals surface area contributed by atoms with Gasteiger partial charge in [0, 0.05) is 5.69 Å². The molecule has 0 aliphatic heterocycles. The minimum absolute atomic E-state index is 0.0584. The molecule has 1 amide bonds. The molecule has 132 valence electrons. The van der Waals surface area contributed by atoms with E-state index in [4.69, 9.17) is 0 Å². The number of benzene rings is 3. The van der Waals surface area contributed by atoms with E-state index in [2.05, 4.69) is 27.8 Å². The molecule has 4 heteroatoms. The maximum Gasteiger partial charge on any atom is 0.228 e. The van der Waals surface area contributed by atoms with Crippen molar-refractivity contribution in [3.63, 3.8) is 0 Å². The van der Waals surface area contributed by atoms with Crippen molar-refractivity contribution < 1.29 is 4.79 Å². The number of aromatic nitrogens is 1. The maximum absolute atomic E-state index is 12.4. The molecule has 1 heterocycles. The summed E-state index contributed by atoms with van der Waals surface area (Å²) in [6, 6.07) is 27.7. The third kappa shape index (κ3) is 4.12. The van der Waals surface area contributed by atoms with Crippen LogP contribution < -0.4 is 10.6 Å². The quantitative estimate of drug-likeness (QED) is 0.521. The first kappa shape index (κ1) is 16.8. The highest BCUT2D eigenvalue weighted by molar-refractivity contribution is 5.96. The van der Waals surface area contributed by atoms with Crippen LogP contribution in [0, 0.1) is 0 Å². The molecule has 0 unspecified atom stereocenters. The lowest BCUT2D eigenvalue weighted by molar-refractivity contribution is -0.115. The Morgan fingerprint density at radius 1 is 0.778 bits per heavy atom. The van der Waals surface area contributed by atoms with Crippen molar-refractivity contribution in [1.82, 2.24) is 4.98 Å². The highest BCUT2D eigenvalue weighted by atomic mass is 16.1. The monoisotopic (exact) mass is 353 g/mol. The molecule has 3 aromatic carbocycles. The van der Waals surface area contributed by atoms with Gasteiger partial charge in [0.1, 0.15) is 5.82 Å². The van der Waals surface area contributed by atoms with Crippen molar-refractivity contribution in [3.05, 3.63) is 96.7 Å². The van der Waals surface area contributed by atoms with Crippen LogP contribution in [0.4, 0.5) is 17.2 Å². The average molecular weight is 353 g/mol. The van der Waals surface area contributed by atoms with Gasteiger partial charge < -0.3 is 10.6 Å². The van der Waals surface area contributed by atoms with Crippen LogP contribution in [-0.4, -0.2) is 10.9 Å². The molecule has 0 radical (unpaired) electrons. The number of pyridine rings is 1. The van der Waals surface area contributed by atoms with Gasteiger partial charge in [0.2, 0.25) is 5.91 Å². The summed E-state index contributed by atoms with van der Waals surface area (Å²) in [6.45, 7) is 0. The van der Waals surface area contributed by atoms with Crippen molar-refractivity contribution >= 4 is 33.9 Å². The van der Waals surface area contributed by atoms with Gasteiger partial charge in [0.05, 0.1) is 18.3 Å². The standard InChI is InChI=1S/C23H19N3O/c27-23(15-18-9-6-8-17-7-4-5-12-21(17)18)26-20-13-14-22(24-16-20)25-19-10-2-1-3-11-19/h1-14,16H,15H2,(H,24,25)(H,26,27). The Hall–Kier alpha value is -3.66. The number of nitrogens with one attached hydrogen (secondary N) is 2. The summed E-state index contributed by atoms with van der Waals surface area (Å²) in [5.74, 6) is 0.671. The molecule has 0 saturated carbocycles. The number of hydrogen-bond donors (Lipinski definition) is 2. The van der Waals surface area contributed by atoms with E-state index >= 15 is 0 Å². The van der Waals surface area contributed by atoms with Crippen LogP contribution in [-0.2, 0) is 11.2 Å². The van der Waals surface area contributed by atoms with Crippen molar-refractivity contribution in [1.29, 1.82) is 0 Å². The molecule has 0 aliphatic carbocycles. The van der Waals surface area contributed by atoms with E-state index in [1.165, 1.54) is 0 Å². The SMILES string of the molecule is O=C(Cc1cccc2ccccc12)Nc1ccc(Nc2ccccc2)nc1. The van der Waals surface area contributed by atoms with E-state index in [1.807, 2.05) is 72.8 Å². The van der Waals surface area contributed by atoms with E-state index in [9.17, 15) is 4.79 Å². The molecule has 0 aliphatic rings. The molecule has 0 saturated heterocycles. The van der Waals surface area contributed by atoms with Crippen LogP contribution in [0.3, 0.4) is 0 Å². The first-order valence-corrected chi connectivity index (χ1v) is 8.82. The fraction of sp³-hybridized carbons (Fsp3) is 0.0435. The summed E-state index contributed by atoms with van der Waals surface area (Å²) in [6.07, 6.45) is 1.98. The van der Waals surface area contributed by atoms with Gasteiger partial charge in [0.15, 0.2) is 0 Å². The number of para-hydroxylation sites is 1. The third-order valence-electron chi connectivity index (χ3n) is 4.32. The first-order valence-electron chi connectivity index (χ1n) is 8.82. The number of rotatable bonds is 5. The van der Waals surface area contributed by atoms with Gasteiger partial charge in [0.25, 0.3) is 0 Å². The number of carbonyl (C=O) groups is 1. The molecular formula is C23H19N3O. The lowest BCUT2D eigenvalue weighted by Crippen LogP contribution is -2.14. The molecule has 4 rings (SSSR count). The van der Waals surface area contributed by atoms with Crippen molar-refractivity contribution in [3.8, 4) is 0 Å². The number of anilines is 3. The highest BCUT2D eigenvalue weighted by Gasteiger charge is 2.08. The predicted molar refractivity (Wildman–Crippen MR) is 110 cm³/mol. The number of fused-ring (bicyclic) bond motifs is 1. The molecule has 2 N–H and O–H groups in total. The van der Waals surface area contributed by atoms with Gasteiger partial charge in [-0.15, -0.1) is 0 Å². The van der Waals surface area contributed by atoms with Gasteiger partial charge in [-0.2, -0.15) is 0 Å². The second-order valence-corrected chi connectivity index (χ2v) is 6.29. The molecule has 0 atom stereocenters. The second kappa shape index (κ2) is 7.70. The maximum atomic E-state index is 12.4. The highest BCUT2D eigenvalue weighted by Crippen LogP contribution is 2.20. The van der Waals surface area contributed by atoms with Crippen LogP contribution in [0.2, 0.25) is 0 Å². The lowest BCUT2D eigenvalue weighted by Gasteiger charge is -2.09. The zero-order valence-electron chi connectivity index (χ0n) is 14.7. The van der Waals surface area contributed by atoms with E-state index in [0.29, 0.717) is 12.1 Å². The van der Waals surface area contributed by atoms with Gasteiger partial charge >= 0.3 is 0 Å². The van der Waals surface area contributed by atoms with Gasteiger partial charge in [-0.3, -0.25) is 4.79 Å². The predicted octanol–water partition coefficient (Wildman–Crippen LogP) is 5.16. The fourth-order valence-electron chi connectivity index (χ4n) is 3.04. The second-order valence-electron chi connectivity index (χ2n) is 6.29. The van der Waals surface area contributed by atoms with Crippen LogP contribution in [0.1, 0.15) is 5.56 Å². The Morgan fingerprint density at radius 3 is 2.37 bits per heavy atom. The van der Waals surface area contributed by atoms with Gasteiger partial charge in [-0.1, -0.05) is 60.7 Å². The van der Waals surface area contributed by atoms with Crippen LogP contribution in [0.15, 0.2) is 91.1 Å². The molecule has 0 fully saturated rings. The zero-order valence-corrected chi connectivity index (χ0v) is 14.7. The van der Waals surface area contributed by atoms with E-state index in [0.717, 1.165) is 27.8 Å². The average Bonchev–Trinajstić information content (AvgIpc) is 2.71. The van der Waals surface area contributed by atoms with Crippen molar-refractivity contribution in [2.24, 2.45) is 0 Å². The topological polar surface area (TPSA) is 54.0 Å². The Morgan fingerprint density at radius 2 is 1.56 bits per heavy atom. The van der Waals surface area contributed by atoms with Gasteiger partial charge in [-0.05, 0) is 40.6 Å². The summed E-state index contributed by atoms with van der Waals surface area (Å²) in [7, 11) is 0. The fourth-order valence-corrected chi connectivity index (χ4v) is 3.04. The summed E-state index contributed by atoms with van der Waals surface area (Å²) in [5.41, 5.74) is 2.66. The molecule has 27 heavy (non-hydrogen) atoms. The molecular weight excluding hydrogens is 334 g/mol. The molecule has 4 aromatic rings. The van der Waals surface area contributed by atoms with E-state index < -0.39 is 0 Å². The number of nitrogens with zero attached hydrogens (tertiary/aromatic N) is 1. The summed E-state index contributed by atoms with van der Waals surface area (Å²) < 4.78 is 0. The Labute approximate surface area is 157 Å². The molecule has 0 bridgehead atoms. The first-order chi connectivity index (χ1) is 13.3. The Balaban J connectivity index is 1.42. The Kier molecular flexibility index (Phi) is 4.79. The van der Waals surface area contributed by atoms with Crippen molar-refractivity contribution in [2.75, 3.05) is 10.6 Å². The van der Waals surface area contributed by atoms with E-state index in [-0.39, 0.29) is 5.91 Å². The van der Waals surface area contributed by atoms with Crippen LogP contribution in [0.25, 0.3) is 10.8 Å². The number of carbonyl (C=O) groups excluding carboxylic acids is 1. The molecule has 1 aromatic heterocycles. The van der Waals surface area contributed by atoms with Gasteiger partial charge in [-0.25, -0.2) is 4.98 Å². The zero-order chi connectivity index (χ0) is 18.5. The van der Waals surface area contributed by atoms with E-state index in [1.54, 1.807) is 6.20 Å². The Bertz CT molecular complexity index is 1050. The van der Waals surface area contributed by atoms with Crippen LogP contribution in [0.5, 0.6) is 0 Å². The lowest BCUT2D eigenvalue weighted by atomic mass is 10.0. The smallest absolute Gasteiger partial charge is 0.228 e. The molecule has 4 nitrogen and oxygen atoms in total. The van der Waals surface area contributed by atoms with Crippen molar-refractivity contribution in [2.45, 2.75) is 6.42 Å². The number of amides is 1. The largest absolute Gasteiger partial charge is 0.340 e. The summed E-state index contributed by atoms with van der Waals surface area (Å²) >= 11 is 0. The summed E-state index contributed by atoms with van der Waals surface area (Å²) in [5, 5.41) is 8.38. The number of hydrogen-bond acceptors (Lipinski definition) is 3. The molecule has 0 spiro atoms. The minimum Gasteiger partial charge on any atom is -0.340 e. The van der Waals surface area contributed by atoms with Crippen LogP contribution >= 0.6 is 0 Å².